The van der Waals surface area contributed by atoms with Gasteiger partial charge in [0.2, 0.25) is 0 Å². The maximum Gasteiger partial charge on any atom is 0.167 e. The van der Waals surface area contributed by atoms with Crippen molar-refractivity contribution in [3.05, 3.63) is 65.0 Å². The van der Waals surface area contributed by atoms with Crippen LogP contribution < -0.4 is 5.32 Å². The minimum atomic E-state index is 0.149. The predicted octanol–water partition coefficient (Wildman–Crippen LogP) is 2.58. The van der Waals surface area contributed by atoms with Crippen molar-refractivity contribution in [1.82, 2.24) is 10.3 Å². The molecule has 1 N–H and O–H groups in total. The fourth-order valence-corrected chi connectivity index (χ4v) is 2.63. The number of aryl methyl sites for hydroxylation is 1. The van der Waals surface area contributed by atoms with Gasteiger partial charge in [-0.05, 0) is 55.6 Å². The summed E-state index contributed by atoms with van der Waals surface area (Å²) in [7, 11) is 0. The van der Waals surface area contributed by atoms with E-state index in [0.29, 0.717) is 6.42 Å². The topological polar surface area (TPSA) is 42.0 Å². The van der Waals surface area contributed by atoms with Gasteiger partial charge in [0.1, 0.15) is 0 Å². The smallest absolute Gasteiger partial charge is 0.167 e. The van der Waals surface area contributed by atoms with E-state index < -0.39 is 0 Å². The molecule has 108 valence electrons. The monoisotopic (exact) mass is 280 g/mol. The highest BCUT2D eigenvalue weighted by Gasteiger charge is 2.16. The molecule has 3 nitrogen and oxygen atoms in total. The molecule has 1 aromatic heterocycles. The number of carbonyl (C=O) groups excluding carboxylic acids is 1. The molecule has 2 heterocycles. The zero-order valence-corrected chi connectivity index (χ0v) is 12.3. The van der Waals surface area contributed by atoms with Gasteiger partial charge < -0.3 is 5.32 Å². The molecule has 0 amide bonds. The van der Waals surface area contributed by atoms with Crippen LogP contribution in [-0.4, -0.2) is 23.9 Å². The molecule has 0 aliphatic carbocycles. The van der Waals surface area contributed by atoms with E-state index in [2.05, 4.69) is 34.6 Å². The van der Waals surface area contributed by atoms with Crippen LogP contribution in [0.3, 0.4) is 0 Å². The first-order valence-corrected chi connectivity index (χ1v) is 7.45. The Bertz CT molecular complexity index is 630. The van der Waals surface area contributed by atoms with Crippen LogP contribution in [0.2, 0.25) is 0 Å². The Morgan fingerprint density at radius 2 is 1.90 bits per heavy atom. The summed E-state index contributed by atoms with van der Waals surface area (Å²) in [5, 5.41) is 3.29. The molecule has 2 aromatic rings. The van der Waals surface area contributed by atoms with Crippen LogP contribution in [0.25, 0.3) is 0 Å². The van der Waals surface area contributed by atoms with Crippen molar-refractivity contribution >= 4 is 5.78 Å². The van der Waals surface area contributed by atoms with Crippen molar-refractivity contribution in [2.45, 2.75) is 19.8 Å². The number of Topliss-reactive ketones (excluding diaryl/α,β-unsaturated/α-hetero) is 1. The molecule has 0 spiro atoms. The minimum Gasteiger partial charge on any atom is -0.316 e. The fraction of sp³-hybridized carbons (Fsp3) is 0.333. The number of hydrogen-bond donors (Lipinski definition) is 1. The predicted molar refractivity (Wildman–Crippen MR) is 83.5 cm³/mol. The molecule has 1 aliphatic heterocycles. The summed E-state index contributed by atoms with van der Waals surface area (Å²) >= 11 is 0. The number of carbonyl (C=O) groups is 1. The van der Waals surface area contributed by atoms with E-state index in [1.165, 1.54) is 5.56 Å². The molecule has 0 atom stereocenters. The lowest BCUT2D eigenvalue weighted by molar-refractivity contribution is 0.0993. The standard InChI is InChI=1S/C18H20N2O/c1-13-8-17(6-7-20-13)18(21)10-15-4-2-14(3-5-15)9-16-11-19-12-16/h2-8,16,19H,9-12H2,1H3. The van der Waals surface area contributed by atoms with Crippen LogP contribution in [0.15, 0.2) is 42.6 Å². The van der Waals surface area contributed by atoms with Gasteiger partial charge in [0.15, 0.2) is 5.78 Å². The summed E-state index contributed by atoms with van der Waals surface area (Å²) < 4.78 is 0. The lowest BCUT2D eigenvalue weighted by Crippen LogP contribution is -2.43. The quantitative estimate of drug-likeness (QED) is 0.856. The van der Waals surface area contributed by atoms with Gasteiger partial charge in [0, 0.05) is 23.9 Å². The molecule has 0 bridgehead atoms. The van der Waals surface area contributed by atoms with Crippen molar-refractivity contribution in [2.24, 2.45) is 5.92 Å². The van der Waals surface area contributed by atoms with Crippen molar-refractivity contribution < 1.29 is 4.79 Å². The Balaban J connectivity index is 1.63. The largest absolute Gasteiger partial charge is 0.316 e. The molecule has 0 unspecified atom stereocenters. The second-order valence-corrected chi connectivity index (χ2v) is 5.83. The van der Waals surface area contributed by atoms with Gasteiger partial charge in [0.25, 0.3) is 0 Å². The highest BCUT2D eigenvalue weighted by Crippen LogP contribution is 2.15. The van der Waals surface area contributed by atoms with Crippen LogP contribution in [0.1, 0.15) is 27.2 Å². The lowest BCUT2D eigenvalue weighted by Gasteiger charge is -2.27. The van der Waals surface area contributed by atoms with Crippen molar-refractivity contribution in [3.8, 4) is 0 Å². The first kappa shape index (κ1) is 14.0. The molecule has 1 saturated heterocycles. The third-order valence-corrected chi connectivity index (χ3v) is 4.00. The highest BCUT2D eigenvalue weighted by molar-refractivity contribution is 5.97. The van der Waals surface area contributed by atoms with E-state index in [9.17, 15) is 4.79 Å². The summed E-state index contributed by atoms with van der Waals surface area (Å²) in [6, 6.07) is 12.1. The van der Waals surface area contributed by atoms with Crippen molar-refractivity contribution in [2.75, 3.05) is 13.1 Å². The molecule has 1 aliphatic rings. The number of aromatic nitrogens is 1. The third kappa shape index (κ3) is 3.56. The molecule has 1 aromatic carbocycles. The Morgan fingerprint density at radius 1 is 1.19 bits per heavy atom. The Labute approximate surface area is 125 Å². The van der Waals surface area contributed by atoms with Gasteiger partial charge in [-0.2, -0.15) is 0 Å². The average molecular weight is 280 g/mol. The van der Waals surface area contributed by atoms with Gasteiger partial charge in [-0.3, -0.25) is 9.78 Å². The van der Waals surface area contributed by atoms with Crippen LogP contribution >= 0.6 is 0 Å². The van der Waals surface area contributed by atoms with E-state index in [1.807, 2.05) is 13.0 Å². The van der Waals surface area contributed by atoms with E-state index in [0.717, 1.165) is 42.2 Å². The summed E-state index contributed by atoms with van der Waals surface area (Å²) in [5.41, 5.74) is 4.06. The average Bonchev–Trinajstić information content (AvgIpc) is 2.44. The number of nitrogens with one attached hydrogen (secondary N) is 1. The van der Waals surface area contributed by atoms with Crippen LogP contribution in [0, 0.1) is 12.8 Å². The van der Waals surface area contributed by atoms with E-state index in [1.54, 1.807) is 12.3 Å². The summed E-state index contributed by atoms with van der Waals surface area (Å²) in [6.07, 6.45) is 3.28. The molecule has 0 radical (unpaired) electrons. The summed E-state index contributed by atoms with van der Waals surface area (Å²) in [5.74, 6) is 0.925. The van der Waals surface area contributed by atoms with Gasteiger partial charge in [-0.1, -0.05) is 24.3 Å². The number of hydrogen-bond acceptors (Lipinski definition) is 3. The molecule has 1 fully saturated rings. The van der Waals surface area contributed by atoms with Gasteiger partial charge >= 0.3 is 0 Å². The molecule has 21 heavy (non-hydrogen) atoms. The number of ketones is 1. The summed E-state index contributed by atoms with van der Waals surface area (Å²) in [4.78, 5) is 16.4. The van der Waals surface area contributed by atoms with Gasteiger partial charge in [0.05, 0.1) is 0 Å². The first-order valence-electron chi connectivity index (χ1n) is 7.45. The Morgan fingerprint density at radius 3 is 2.52 bits per heavy atom. The fourth-order valence-electron chi connectivity index (χ4n) is 2.63. The van der Waals surface area contributed by atoms with Crippen LogP contribution in [0.4, 0.5) is 0 Å². The highest BCUT2D eigenvalue weighted by atomic mass is 16.1. The minimum absolute atomic E-state index is 0.149. The SMILES string of the molecule is Cc1cc(C(=O)Cc2ccc(CC3CNC3)cc2)ccn1. The second kappa shape index (κ2) is 6.19. The maximum atomic E-state index is 12.2. The maximum absolute atomic E-state index is 12.2. The van der Waals surface area contributed by atoms with Crippen LogP contribution in [0.5, 0.6) is 0 Å². The van der Waals surface area contributed by atoms with Crippen LogP contribution in [-0.2, 0) is 12.8 Å². The van der Waals surface area contributed by atoms with Crippen molar-refractivity contribution in [1.29, 1.82) is 0 Å². The first-order chi connectivity index (χ1) is 10.2. The molecule has 3 heteroatoms. The Hall–Kier alpha value is -2.00. The third-order valence-electron chi connectivity index (χ3n) is 4.00. The number of pyridine rings is 1. The van der Waals surface area contributed by atoms with E-state index >= 15 is 0 Å². The van der Waals surface area contributed by atoms with E-state index in [4.69, 9.17) is 0 Å². The molecular weight excluding hydrogens is 260 g/mol. The van der Waals surface area contributed by atoms with Gasteiger partial charge in [-0.15, -0.1) is 0 Å². The lowest BCUT2D eigenvalue weighted by atomic mass is 9.93. The zero-order valence-electron chi connectivity index (χ0n) is 12.3. The zero-order chi connectivity index (χ0) is 14.7. The molecule has 3 rings (SSSR count). The molecule has 0 saturated carbocycles. The number of rotatable bonds is 5. The second-order valence-electron chi connectivity index (χ2n) is 5.83. The number of nitrogens with zero attached hydrogens (tertiary/aromatic N) is 1. The van der Waals surface area contributed by atoms with Gasteiger partial charge in [-0.25, -0.2) is 0 Å². The van der Waals surface area contributed by atoms with Crippen molar-refractivity contribution in [3.63, 3.8) is 0 Å². The Kier molecular flexibility index (Phi) is 4.11. The number of benzene rings is 1. The normalized spacial score (nSPS) is 14.7. The summed E-state index contributed by atoms with van der Waals surface area (Å²) in [6.45, 7) is 4.16. The van der Waals surface area contributed by atoms with E-state index in [-0.39, 0.29) is 5.78 Å². The molecular formula is C18H20N2O.